The number of ether oxygens (including phenoxy) is 1. The molecule has 0 radical (unpaired) electrons. The largest absolute Gasteiger partial charge is 0.497 e. The highest BCUT2D eigenvalue weighted by molar-refractivity contribution is 14.0. The van der Waals surface area contributed by atoms with E-state index in [1.54, 1.807) is 7.11 Å². The molecule has 0 aliphatic carbocycles. The van der Waals surface area contributed by atoms with Crippen molar-refractivity contribution >= 4 is 29.9 Å². The van der Waals surface area contributed by atoms with Crippen molar-refractivity contribution < 1.29 is 4.74 Å². The van der Waals surface area contributed by atoms with Crippen molar-refractivity contribution in [1.82, 2.24) is 15.1 Å². The van der Waals surface area contributed by atoms with E-state index in [0.29, 0.717) is 5.92 Å². The van der Waals surface area contributed by atoms with Gasteiger partial charge in [0.2, 0.25) is 0 Å². The monoisotopic (exact) mass is 528 g/mol. The van der Waals surface area contributed by atoms with Crippen molar-refractivity contribution in [1.29, 1.82) is 0 Å². The van der Waals surface area contributed by atoms with Crippen molar-refractivity contribution in [2.75, 3.05) is 52.9 Å². The van der Waals surface area contributed by atoms with Crippen molar-refractivity contribution in [3.63, 3.8) is 0 Å². The van der Waals surface area contributed by atoms with Gasteiger partial charge in [-0.25, -0.2) is 0 Å². The number of aliphatic imine (C=N–C) groups is 1. The van der Waals surface area contributed by atoms with Crippen LogP contribution >= 0.6 is 24.0 Å². The lowest BCUT2D eigenvalue weighted by Crippen LogP contribution is -2.41. The summed E-state index contributed by atoms with van der Waals surface area (Å²) >= 11 is 0. The molecule has 0 aromatic heterocycles. The molecule has 6 heteroatoms. The average molecular weight is 529 g/mol. The second-order valence-electron chi connectivity index (χ2n) is 8.66. The molecule has 5 nitrogen and oxygen atoms in total. The number of methoxy groups -OCH3 is 1. The summed E-state index contributed by atoms with van der Waals surface area (Å²) in [4.78, 5) is 10.1. The Labute approximate surface area is 200 Å². The minimum Gasteiger partial charge on any atom is -0.497 e. The van der Waals surface area contributed by atoms with Gasteiger partial charge >= 0.3 is 0 Å². The van der Waals surface area contributed by atoms with E-state index < -0.39 is 0 Å². The molecule has 2 aliphatic rings. The van der Waals surface area contributed by atoms with Gasteiger partial charge in [0.1, 0.15) is 5.75 Å². The highest BCUT2D eigenvalue weighted by atomic mass is 127. The Bertz CT molecular complexity index is 631. The second kappa shape index (κ2) is 13.4. The molecule has 170 valence electrons. The summed E-state index contributed by atoms with van der Waals surface area (Å²) in [7, 11) is 1.71. The van der Waals surface area contributed by atoms with Crippen LogP contribution in [0.15, 0.2) is 29.3 Å². The van der Waals surface area contributed by atoms with Crippen LogP contribution < -0.4 is 10.1 Å². The SMILES string of the molecule is CCNC(=NCCC(C)c1ccc(OC)cc1)N1CCC(CN2CCCCC2)C1.I. The first kappa shape index (κ1) is 25.2. The van der Waals surface area contributed by atoms with Crippen LogP contribution in [-0.2, 0) is 0 Å². The molecule has 0 amide bonds. The molecular weight excluding hydrogens is 487 g/mol. The fourth-order valence-electron chi connectivity index (χ4n) is 4.57. The number of benzene rings is 1. The summed E-state index contributed by atoms with van der Waals surface area (Å²) in [5, 5.41) is 3.52. The summed E-state index contributed by atoms with van der Waals surface area (Å²) in [6.45, 7) is 12.4. The third-order valence-electron chi connectivity index (χ3n) is 6.39. The number of likely N-dealkylation sites (tertiary alicyclic amines) is 2. The molecule has 1 aromatic rings. The molecule has 2 aliphatic heterocycles. The van der Waals surface area contributed by atoms with Gasteiger partial charge in [-0.2, -0.15) is 0 Å². The fraction of sp³-hybridized carbons (Fsp3) is 0.708. The predicted octanol–water partition coefficient (Wildman–Crippen LogP) is 4.58. The van der Waals surface area contributed by atoms with E-state index in [1.807, 2.05) is 12.1 Å². The molecule has 30 heavy (non-hydrogen) atoms. The van der Waals surface area contributed by atoms with Crippen molar-refractivity contribution in [2.24, 2.45) is 10.9 Å². The zero-order valence-corrected chi connectivity index (χ0v) is 21.4. The normalized spacial score (nSPS) is 21.2. The lowest BCUT2D eigenvalue weighted by atomic mass is 9.98. The fourth-order valence-corrected chi connectivity index (χ4v) is 4.57. The Balaban J connectivity index is 0.00000320. The Hall–Kier alpha value is -1.02. The molecule has 2 fully saturated rings. The standard InChI is InChI=1S/C24H40N4O.HI/c1-4-25-24(26-14-12-20(2)22-8-10-23(29-3)11-9-22)28-17-13-21(19-28)18-27-15-6-5-7-16-27;/h8-11,20-21H,4-7,12-19H2,1-3H3,(H,25,26);1H. The third-order valence-corrected chi connectivity index (χ3v) is 6.39. The minimum absolute atomic E-state index is 0. The van der Waals surface area contributed by atoms with Gasteiger partial charge in [-0.3, -0.25) is 4.99 Å². The van der Waals surface area contributed by atoms with Crippen molar-refractivity contribution in [2.45, 2.75) is 51.9 Å². The Morgan fingerprint density at radius 1 is 1.17 bits per heavy atom. The topological polar surface area (TPSA) is 40.1 Å². The Morgan fingerprint density at radius 3 is 2.57 bits per heavy atom. The summed E-state index contributed by atoms with van der Waals surface area (Å²) < 4.78 is 5.26. The maximum absolute atomic E-state index is 5.26. The van der Waals surface area contributed by atoms with Crippen LogP contribution in [0.4, 0.5) is 0 Å². The number of guanidine groups is 1. The maximum atomic E-state index is 5.26. The van der Waals surface area contributed by atoms with E-state index >= 15 is 0 Å². The Kier molecular flexibility index (Phi) is 11.3. The van der Waals surface area contributed by atoms with Crippen LogP contribution in [0.2, 0.25) is 0 Å². The number of hydrogen-bond acceptors (Lipinski definition) is 3. The highest BCUT2D eigenvalue weighted by Crippen LogP contribution is 2.23. The molecule has 0 saturated carbocycles. The van der Waals surface area contributed by atoms with Gasteiger partial charge in [0.05, 0.1) is 7.11 Å². The second-order valence-corrected chi connectivity index (χ2v) is 8.66. The quantitative estimate of drug-likeness (QED) is 0.305. The molecule has 0 spiro atoms. The van der Waals surface area contributed by atoms with Gasteiger partial charge in [0.15, 0.2) is 5.96 Å². The van der Waals surface area contributed by atoms with E-state index in [-0.39, 0.29) is 24.0 Å². The zero-order chi connectivity index (χ0) is 20.5. The molecule has 2 saturated heterocycles. The number of hydrogen-bond donors (Lipinski definition) is 1. The zero-order valence-electron chi connectivity index (χ0n) is 19.1. The molecule has 2 heterocycles. The first-order valence-electron chi connectivity index (χ1n) is 11.6. The summed E-state index contributed by atoms with van der Waals surface area (Å²) in [5.74, 6) is 3.31. The Morgan fingerprint density at radius 2 is 1.90 bits per heavy atom. The van der Waals surface area contributed by atoms with Gasteiger partial charge in [-0.1, -0.05) is 25.5 Å². The van der Waals surface area contributed by atoms with Gasteiger partial charge in [-0.15, -0.1) is 24.0 Å². The summed E-state index contributed by atoms with van der Waals surface area (Å²) in [6, 6.07) is 8.44. The van der Waals surface area contributed by atoms with Crippen LogP contribution in [0.1, 0.15) is 57.4 Å². The highest BCUT2D eigenvalue weighted by Gasteiger charge is 2.26. The van der Waals surface area contributed by atoms with Gasteiger partial charge < -0.3 is 19.9 Å². The third kappa shape index (κ3) is 7.59. The van der Waals surface area contributed by atoms with E-state index in [0.717, 1.165) is 50.2 Å². The molecule has 1 N–H and O–H groups in total. The van der Waals surface area contributed by atoms with Crippen molar-refractivity contribution in [3.05, 3.63) is 29.8 Å². The number of halogens is 1. The van der Waals surface area contributed by atoms with Gasteiger partial charge in [0.25, 0.3) is 0 Å². The number of nitrogens with zero attached hydrogens (tertiary/aromatic N) is 3. The lowest BCUT2D eigenvalue weighted by molar-refractivity contribution is 0.198. The molecule has 0 bridgehead atoms. The number of nitrogens with one attached hydrogen (secondary N) is 1. The molecule has 1 aromatic carbocycles. The van der Waals surface area contributed by atoms with E-state index in [2.05, 4.69) is 41.1 Å². The minimum atomic E-state index is 0. The predicted molar refractivity (Wildman–Crippen MR) is 137 cm³/mol. The van der Waals surface area contributed by atoms with Crippen LogP contribution in [0.5, 0.6) is 5.75 Å². The van der Waals surface area contributed by atoms with Gasteiger partial charge in [0, 0.05) is 32.7 Å². The molecular formula is C24H41IN4O. The number of piperidine rings is 1. The van der Waals surface area contributed by atoms with E-state index in [4.69, 9.17) is 9.73 Å². The lowest BCUT2D eigenvalue weighted by Gasteiger charge is -2.29. The molecule has 3 rings (SSSR count). The maximum Gasteiger partial charge on any atom is 0.193 e. The average Bonchev–Trinajstić information content (AvgIpc) is 3.22. The van der Waals surface area contributed by atoms with Crippen LogP contribution in [0, 0.1) is 5.92 Å². The van der Waals surface area contributed by atoms with Crippen LogP contribution in [0.25, 0.3) is 0 Å². The van der Waals surface area contributed by atoms with Crippen molar-refractivity contribution in [3.8, 4) is 5.75 Å². The first-order chi connectivity index (χ1) is 14.2. The van der Waals surface area contributed by atoms with E-state index in [9.17, 15) is 0 Å². The summed E-state index contributed by atoms with van der Waals surface area (Å²) in [6.07, 6.45) is 6.54. The molecule has 2 atom stereocenters. The van der Waals surface area contributed by atoms with Crippen LogP contribution in [-0.4, -0.2) is 68.7 Å². The summed E-state index contributed by atoms with van der Waals surface area (Å²) in [5.41, 5.74) is 1.36. The van der Waals surface area contributed by atoms with E-state index in [1.165, 1.54) is 50.9 Å². The number of rotatable bonds is 8. The first-order valence-corrected chi connectivity index (χ1v) is 11.6. The van der Waals surface area contributed by atoms with Gasteiger partial charge in [-0.05, 0) is 75.2 Å². The van der Waals surface area contributed by atoms with Crippen LogP contribution in [0.3, 0.4) is 0 Å². The smallest absolute Gasteiger partial charge is 0.193 e. The molecule has 2 unspecified atom stereocenters.